The van der Waals surface area contributed by atoms with Gasteiger partial charge in [-0.2, -0.15) is 0 Å². The number of ether oxygens (including phenoxy) is 1. The fraction of sp³-hybridized carbons (Fsp3) is 0.467. The first-order valence-corrected chi connectivity index (χ1v) is 6.93. The number of hydrogen-bond donors (Lipinski definition) is 1. The van der Waals surface area contributed by atoms with Crippen LogP contribution in [0.3, 0.4) is 0 Å². The van der Waals surface area contributed by atoms with Crippen molar-refractivity contribution in [2.75, 3.05) is 25.1 Å². The molecule has 0 unspecified atom stereocenters. The Kier molecular flexibility index (Phi) is 5.56. The predicted molar refractivity (Wildman–Crippen MR) is 78.4 cm³/mol. The summed E-state index contributed by atoms with van der Waals surface area (Å²) in [6, 6.07) is 8.02. The van der Waals surface area contributed by atoms with Gasteiger partial charge in [-0.15, -0.1) is 0 Å². The van der Waals surface area contributed by atoms with Crippen molar-refractivity contribution in [1.82, 2.24) is 9.97 Å². The Morgan fingerprint density at radius 3 is 2.84 bits per heavy atom. The van der Waals surface area contributed by atoms with E-state index >= 15 is 0 Å². The zero-order valence-electron chi connectivity index (χ0n) is 11.4. The van der Waals surface area contributed by atoms with Crippen LogP contribution >= 0.6 is 0 Å². The second-order valence-corrected chi connectivity index (χ2v) is 4.49. The lowest BCUT2D eigenvalue weighted by molar-refractivity contribution is 0.131. The number of unbranched alkanes of at least 4 members (excludes halogenated alkanes) is 1. The van der Waals surface area contributed by atoms with E-state index in [-0.39, 0.29) is 0 Å². The molecule has 0 saturated heterocycles. The average Bonchev–Trinajstić information content (AvgIpc) is 2.46. The summed E-state index contributed by atoms with van der Waals surface area (Å²) in [5.41, 5.74) is 0.971. The summed E-state index contributed by atoms with van der Waals surface area (Å²) in [6.45, 7) is 4.71. The molecule has 1 N–H and O–H groups in total. The first kappa shape index (κ1) is 13.7. The highest BCUT2D eigenvalue weighted by Gasteiger charge is 2.01. The minimum absolute atomic E-state index is 0.802. The van der Waals surface area contributed by atoms with Crippen LogP contribution in [0.25, 0.3) is 10.9 Å². The van der Waals surface area contributed by atoms with E-state index < -0.39 is 0 Å². The largest absolute Gasteiger partial charge is 0.381 e. The van der Waals surface area contributed by atoms with E-state index in [0.717, 1.165) is 49.3 Å². The molecule has 0 amide bonds. The van der Waals surface area contributed by atoms with Crippen molar-refractivity contribution in [1.29, 1.82) is 0 Å². The summed E-state index contributed by atoms with van der Waals surface area (Å²) in [4.78, 5) is 8.54. The molecule has 102 valence electrons. The third-order valence-corrected chi connectivity index (χ3v) is 2.94. The molecule has 0 radical (unpaired) electrons. The van der Waals surface area contributed by atoms with Gasteiger partial charge in [-0.1, -0.05) is 25.5 Å². The van der Waals surface area contributed by atoms with E-state index in [4.69, 9.17) is 4.74 Å². The van der Waals surface area contributed by atoms with Crippen LogP contribution in [0.15, 0.2) is 30.6 Å². The van der Waals surface area contributed by atoms with E-state index in [1.54, 1.807) is 6.33 Å². The molecule has 0 aliphatic heterocycles. The van der Waals surface area contributed by atoms with Gasteiger partial charge in [0.2, 0.25) is 0 Å². The fourth-order valence-corrected chi connectivity index (χ4v) is 1.88. The van der Waals surface area contributed by atoms with Crippen LogP contribution in [0.4, 0.5) is 5.82 Å². The molecule has 0 spiro atoms. The monoisotopic (exact) mass is 259 g/mol. The van der Waals surface area contributed by atoms with Gasteiger partial charge in [0.05, 0.1) is 5.52 Å². The number of aromatic nitrogens is 2. The van der Waals surface area contributed by atoms with Gasteiger partial charge >= 0.3 is 0 Å². The maximum Gasteiger partial charge on any atom is 0.137 e. The number of hydrogen-bond acceptors (Lipinski definition) is 4. The number of para-hydroxylation sites is 1. The van der Waals surface area contributed by atoms with Crippen LogP contribution in [0.2, 0.25) is 0 Å². The van der Waals surface area contributed by atoms with Crippen molar-refractivity contribution in [3.05, 3.63) is 30.6 Å². The molecule has 0 atom stereocenters. The van der Waals surface area contributed by atoms with Crippen molar-refractivity contribution in [3.63, 3.8) is 0 Å². The van der Waals surface area contributed by atoms with E-state index in [2.05, 4.69) is 22.2 Å². The van der Waals surface area contributed by atoms with Crippen LogP contribution < -0.4 is 5.32 Å². The number of benzene rings is 1. The summed E-state index contributed by atoms with van der Waals surface area (Å²) in [5, 5.41) is 4.41. The SMILES string of the molecule is CCCCOCCCNc1ncnc2ccccc12. The minimum atomic E-state index is 0.802. The smallest absolute Gasteiger partial charge is 0.137 e. The normalized spacial score (nSPS) is 10.8. The molecule has 1 aromatic heterocycles. The summed E-state index contributed by atoms with van der Waals surface area (Å²) < 4.78 is 5.53. The Labute approximate surface area is 114 Å². The highest BCUT2D eigenvalue weighted by atomic mass is 16.5. The molecule has 0 aliphatic rings. The van der Waals surface area contributed by atoms with Crippen LogP contribution in [0, 0.1) is 0 Å². The lowest BCUT2D eigenvalue weighted by atomic mass is 10.2. The maximum absolute atomic E-state index is 5.53. The van der Waals surface area contributed by atoms with Crippen molar-refractivity contribution >= 4 is 16.7 Å². The molecule has 19 heavy (non-hydrogen) atoms. The van der Waals surface area contributed by atoms with Gasteiger partial charge < -0.3 is 10.1 Å². The summed E-state index contributed by atoms with van der Waals surface area (Å²) in [5.74, 6) is 0.902. The first-order valence-electron chi connectivity index (χ1n) is 6.93. The predicted octanol–water partition coefficient (Wildman–Crippen LogP) is 3.25. The van der Waals surface area contributed by atoms with Gasteiger partial charge in [-0.25, -0.2) is 9.97 Å². The Balaban J connectivity index is 1.78. The summed E-state index contributed by atoms with van der Waals surface area (Å²) in [6.07, 6.45) is 4.92. The molecule has 4 nitrogen and oxygen atoms in total. The Morgan fingerprint density at radius 2 is 1.95 bits per heavy atom. The number of rotatable bonds is 8. The standard InChI is InChI=1S/C15H21N3O/c1-2-3-10-19-11-6-9-16-15-13-7-4-5-8-14(13)17-12-18-15/h4-5,7-8,12H,2-3,6,9-11H2,1H3,(H,16,17,18). The van der Waals surface area contributed by atoms with Crippen LogP contribution in [0.1, 0.15) is 26.2 Å². The Hall–Kier alpha value is -1.68. The van der Waals surface area contributed by atoms with E-state index in [1.165, 1.54) is 6.42 Å². The van der Waals surface area contributed by atoms with Crippen LogP contribution in [-0.4, -0.2) is 29.7 Å². The minimum Gasteiger partial charge on any atom is -0.381 e. The molecule has 0 saturated carbocycles. The number of anilines is 1. The number of fused-ring (bicyclic) bond motifs is 1. The van der Waals surface area contributed by atoms with E-state index in [9.17, 15) is 0 Å². The van der Waals surface area contributed by atoms with Gasteiger partial charge in [0.1, 0.15) is 12.1 Å². The Morgan fingerprint density at radius 1 is 1.11 bits per heavy atom. The molecule has 0 fully saturated rings. The van der Waals surface area contributed by atoms with Gasteiger partial charge in [0, 0.05) is 25.1 Å². The average molecular weight is 259 g/mol. The molecule has 2 rings (SSSR count). The third kappa shape index (κ3) is 4.17. The third-order valence-electron chi connectivity index (χ3n) is 2.94. The lowest BCUT2D eigenvalue weighted by Gasteiger charge is -2.08. The van der Waals surface area contributed by atoms with Gasteiger partial charge in [0.15, 0.2) is 0 Å². The molecule has 1 heterocycles. The summed E-state index contributed by atoms with van der Waals surface area (Å²) >= 11 is 0. The second kappa shape index (κ2) is 7.69. The summed E-state index contributed by atoms with van der Waals surface area (Å²) in [7, 11) is 0. The van der Waals surface area contributed by atoms with E-state index in [1.807, 2.05) is 24.3 Å². The highest BCUT2D eigenvalue weighted by Crippen LogP contribution is 2.17. The molecular weight excluding hydrogens is 238 g/mol. The highest BCUT2D eigenvalue weighted by molar-refractivity contribution is 5.88. The molecule has 2 aromatic rings. The van der Waals surface area contributed by atoms with Crippen molar-refractivity contribution < 1.29 is 4.74 Å². The van der Waals surface area contributed by atoms with E-state index in [0.29, 0.717) is 0 Å². The number of nitrogens with zero attached hydrogens (tertiary/aromatic N) is 2. The van der Waals surface area contributed by atoms with Gasteiger partial charge in [-0.05, 0) is 25.0 Å². The van der Waals surface area contributed by atoms with Gasteiger partial charge in [0.25, 0.3) is 0 Å². The van der Waals surface area contributed by atoms with Crippen LogP contribution in [0.5, 0.6) is 0 Å². The number of nitrogens with one attached hydrogen (secondary N) is 1. The molecule has 4 heteroatoms. The molecule has 0 aliphatic carbocycles. The quantitative estimate of drug-likeness (QED) is 0.739. The van der Waals surface area contributed by atoms with Crippen molar-refractivity contribution in [2.24, 2.45) is 0 Å². The maximum atomic E-state index is 5.53. The van der Waals surface area contributed by atoms with Crippen molar-refractivity contribution in [3.8, 4) is 0 Å². The lowest BCUT2D eigenvalue weighted by Crippen LogP contribution is -2.08. The topological polar surface area (TPSA) is 47.0 Å². The fourth-order valence-electron chi connectivity index (χ4n) is 1.88. The molecule has 0 bridgehead atoms. The van der Waals surface area contributed by atoms with Gasteiger partial charge in [-0.3, -0.25) is 0 Å². The van der Waals surface area contributed by atoms with Crippen molar-refractivity contribution in [2.45, 2.75) is 26.2 Å². The molecular formula is C15H21N3O. The van der Waals surface area contributed by atoms with Crippen LogP contribution in [-0.2, 0) is 4.74 Å². The molecule has 1 aromatic carbocycles. The second-order valence-electron chi connectivity index (χ2n) is 4.49. The zero-order chi connectivity index (χ0) is 13.3. The Bertz CT molecular complexity index is 496. The first-order chi connectivity index (χ1) is 9.42. The zero-order valence-corrected chi connectivity index (χ0v) is 11.4.